The van der Waals surface area contributed by atoms with Crippen molar-refractivity contribution in [3.63, 3.8) is 0 Å². The summed E-state index contributed by atoms with van der Waals surface area (Å²) >= 11 is 1.33. The number of nitrogens with zero attached hydrogens (tertiary/aromatic N) is 6. The van der Waals surface area contributed by atoms with Crippen LogP contribution in [-0.4, -0.2) is 42.0 Å². The van der Waals surface area contributed by atoms with Crippen LogP contribution in [0.5, 0.6) is 0 Å². The largest absolute Gasteiger partial charge is 0.358 e. The van der Waals surface area contributed by atoms with Gasteiger partial charge in [0.05, 0.1) is 16.7 Å². The van der Waals surface area contributed by atoms with E-state index < -0.39 is 0 Å². The van der Waals surface area contributed by atoms with Gasteiger partial charge in [-0.25, -0.2) is 29.3 Å². The van der Waals surface area contributed by atoms with Crippen molar-refractivity contribution in [3.8, 4) is 21.7 Å². The Kier molecular flexibility index (Phi) is 7.50. The number of fused-ring (bicyclic) bond motifs is 1. The van der Waals surface area contributed by atoms with Crippen molar-refractivity contribution in [1.82, 2.24) is 29.5 Å². The maximum absolute atomic E-state index is 13.4. The van der Waals surface area contributed by atoms with Crippen LogP contribution in [0, 0.1) is 12.7 Å². The molecule has 1 atom stereocenters. The number of benzene rings is 2. The van der Waals surface area contributed by atoms with Crippen LogP contribution in [0.1, 0.15) is 41.5 Å². The Bertz CT molecular complexity index is 1970. The van der Waals surface area contributed by atoms with E-state index >= 15 is 0 Å². The molecule has 6 aromatic rings. The van der Waals surface area contributed by atoms with Crippen LogP contribution in [0.4, 0.5) is 21.6 Å². The number of pyridine rings is 1. The maximum Gasteiger partial charge on any atom is 0.275 e. The Labute approximate surface area is 256 Å². The van der Waals surface area contributed by atoms with E-state index in [-0.39, 0.29) is 23.6 Å². The minimum atomic E-state index is -0.361. The van der Waals surface area contributed by atoms with E-state index in [0.29, 0.717) is 33.2 Å². The highest BCUT2D eigenvalue weighted by Gasteiger charge is 2.22. The number of halogens is 1. The monoisotopic (exact) mass is 606 g/mol. The van der Waals surface area contributed by atoms with Crippen molar-refractivity contribution in [1.29, 1.82) is 0 Å². The summed E-state index contributed by atoms with van der Waals surface area (Å²) in [6.07, 6.45) is 7.97. The lowest BCUT2D eigenvalue weighted by atomic mass is 10.1. The molecule has 0 aliphatic carbocycles. The fraction of sp³-hybridized carbons (Fsp3) is 0.188. The molecule has 0 saturated carbocycles. The third-order valence-electron chi connectivity index (χ3n) is 7.52. The zero-order valence-electron chi connectivity index (χ0n) is 23.7. The molecule has 44 heavy (non-hydrogen) atoms. The molecule has 0 bridgehead atoms. The van der Waals surface area contributed by atoms with Gasteiger partial charge in [-0.3, -0.25) is 9.36 Å². The second-order valence-electron chi connectivity index (χ2n) is 10.4. The van der Waals surface area contributed by atoms with Crippen LogP contribution in [0.2, 0.25) is 0 Å². The number of anilines is 3. The molecule has 1 saturated heterocycles. The fourth-order valence-corrected chi connectivity index (χ4v) is 6.06. The van der Waals surface area contributed by atoms with E-state index in [4.69, 9.17) is 4.74 Å². The summed E-state index contributed by atoms with van der Waals surface area (Å²) in [4.78, 5) is 36.6. The molecule has 2 aromatic carbocycles. The third-order valence-corrected chi connectivity index (χ3v) is 8.40. The molecule has 12 heteroatoms. The molecule has 1 amide bonds. The van der Waals surface area contributed by atoms with Crippen molar-refractivity contribution >= 4 is 45.6 Å². The average molecular weight is 607 g/mol. The van der Waals surface area contributed by atoms with Crippen molar-refractivity contribution in [3.05, 3.63) is 96.0 Å². The number of nitrogens with one attached hydrogen (secondary N) is 2. The number of thiazole rings is 1. The predicted octanol–water partition coefficient (Wildman–Crippen LogP) is 7.15. The van der Waals surface area contributed by atoms with Crippen LogP contribution in [0.3, 0.4) is 0 Å². The molecule has 220 valence electrons. The fourth-order valence-electron chi connectivity index (χ4n) is 5.27. The van der Waals surface area contributed by atoms with Crippen molar-refractivity contribution < 1.29 is 13.9 Å². The van der Waals surface area contributed by atoms with Gasteiger partial charge in [0.2, 0.25) is 0 Å². The Hall–Kier alpha value is -5.07. The first-order valence-corrected chi connectivity index (χ1v) is 15.1. The molecule has 1 aliphatic heterocycles. The number of hydrogen-bond donors (Lipinski definition) is 2. The number of imidazole rings is 1. The lowest BCUT2D eigenvalue weighted by Gasteiger charge is -2.23. The van der Waals surface area contributed by atoms with Crippen molar-refractivity contribution in [2.75, 3.05) is 17.2 Å². The molecular weight excluding hydrogens is 579 g/mol. The van der Waals surface area contributed by atoms with E-state index in [1.54, 1.807) is 30.2 Å². The SMILES string of the molecule is Cc1ccc(NC(=O)c2ncsc2-c2ccc(F)cc2)cc1Nc1ncccc1-c1ncnc2c1ncn2C1CCCCO1. The molecule has 7 rings (SSSR count). The van der Waals surface area contributed by atoms with Crippen LogP contribution in [-0.2, 0) is 4.74 Å². The van der Waals surface area contributed by atoms with Gasteiger partial charge in [0.25, 0.3) is 5.91 Å². The average Bonchev–Trinajstić information content (AvgIpc) is 3.72. The number of carbonyl (C=O) groups excluding carboxylic acids is 1. The van der Waals surface area contributed by atoms with Gasteiger partial charge in [-0.15, -0.1) is 11.3 Å². The van der Waals surface area contributed by atoms with E-state index in [9.17, 15) is 9.18 Å². The van der Waals surface area contributed by atoms with E-state index in [2.05, 4.69) is 35.6 Å². The molecule has 4 aromatic heterocycles. The normalized spacial score (nSPS) is 14.9. The molecular formula is C32H27FN8O2S. The van der Waals surface area contributed by atoms with Gasteiger partial charge in [0.15, 0.2) is 5.65 Å². The molecule has 1 aliphatic rings. The summed E-state index contributed by atoms with van der Waals surface area (Å²) in [5.41, 5.74) is 7.67. The molecule has 5 heterocycles. The quantitative estimate of drug-likeness (QED) is 0.197. The summed E-state index contributed by atoms with van der Waals surface area (Å²) in [6.45, 7) is 2.69. The number of rotatable bonds is 7. The number of hydrogen-bond acceptors (Lipinski definition) is 9. The van der Waals surface area contributed by atoms with Crippen LogP contribution < -0.4 is 10.6 Å². The van der Waals surface area contributed by atoms with E-state index in [1.165, 1.54) is 29.8 Å². The zero-order chi connectivity index (χ0) is 30.0. The Morgan fingerprint density at radius 1 is 1.05 bits per heavy atom. The molecule has 0 spiro atoms. The number of aromatic nitrogens is 6. The molecule has 10 nitrogen and oxygen atoms in total. The van der Waals surface area contributed by atoms with Gasteiger partial charge < -0.3 is 15.4 Å². The summed E-state index contributed by atoms with van der Waals surface area (Å²) in [7, 11) is 0. The summed E-state index contributed by atoms with van der Waals surface area (Å²) in [5, 5.41) is 6.38. The minimum Gasteiger partial charge on any atom is -0.358 e. The summed E-state index contributed by atoms with van der Waals surface area (Å²) < 4.78 is 21.4. The second-order valence-corrected chi connectivity index (χ2v) is 11.3. The standard InChI is InChI=1S/C32H27FN8O2S/c1-19-7-12-22(39-32(42)28-29(44-18-38-28)20-8-10-21(33)11-9-20)15-24(19)40-30-23(5-4-13-34-30)26-27-31(36-16-35-26)41(17-37-27)25-6-2-3-14-43-25/h4-5,7-13,15-18,25H,2-3,6,14H2,1H3,(H,34,40)(H,39,42). The van der Waals surface area contributed by atoms with Crippen LogP contribution in [0.15, 0.2) is 79.0 Å². The molecule has 2 N–H and O–H groups in total. The second kappa shape index (κ2) is 11.9. The maximum atomic E-state index is 13.4. The number of carbonyl (C=O) groups is 1. The Morgan fingerprint density at radius 2 is 1.93 bits per heavy atom. The van der Waals surface area contributed by atoms with Gasteiger partial charge in [-0.05, 0) is 73.7 Å². The third kappa shape index (κ3) is 5.40. The van der Waals surface area contributed by atoms with E-state index in [1.807, 2.05) is 41.8 Å². The first-order chi connectivity index (χ1) is 21.5. The number of ether oxygens (including phenoxy) is 1. The molecule has 1 unspecified atom stereocenters. The highest BCUT2D eigenvalue weighted by atomic mass is 32.1. The summed E-state index contributed by atoms with van der Waals surface area (Å²) in [5.74, 6) is -0.117. The smallest absolute Gasteiger partial charge is 0.275 e. The van der Waals surface area contributed by atoms with Crippen LogP contribution in [0.25, 0.3) is 32.9 Å². The minimum absolute atomic E-state index is 0.0976. The van der Waals surface area contributed by atoms with Gasteiger partial charge in [-0.1, -0.05) is 18.2 Å². The van der Waals surface area contributed by atoms with Gasteiger partial charge in [0, 0.05) is 29.7 Å². The van der Waals surface area contributed by atoms with E-state index in [0.717, 1.165) is 48.2 Å². The van der Waals surface area contributed by atoms with Crippen LogP contribution >= 0.6 is 11.3 Å². The summed E-state index contributed by atoms with van der Waals surface area (Å²) in [6, 6.07) is 15.4. The predicted molar refractivity (Wildman–Crippen MR) is 167 cm³/mol. The lowest BCUT2D eigenvalue weighted by molar-refractivity contribution is -0.0298. The van der Waals surface area contributed by atoms with Crippen molar-refractivity contribution in [2.45, 2.75) is 32.4 Å². The van der Waals surface area contributed by atoms with Crippen molar-refractivity contribution in [2.24, 2.45) is 0 Å². The highest BCUT2D eigenvalue weighted by Crippen LogP contribution is 2.34. The molecule has 1 fully saturated rings. The first kappa shape index (κ1) is 27.7. The highest BCUT2D eigenvalue weighted by molar-refractivity contribution is 7.13. The topological polar surface area (TPSA) is 120 Å². The molecule has 0 radical (unpaired) electrons. The zero-order valence-corrected chi connectivity index (χ0v) is 24.5. The lowest BCUT2D eigenvalue weighted by Crippen LogP contribution is -2.17. The van der Waals surface area contributed by atoms with Gasteiger partial charge in [0.1, 0.15) is 41.1 Å². The first-order valence-electron chi connectivity index (χ1n) is 14.2. The Morgan fingerprint density at radius 3 is 2.77 bits per heavy atom. The van der Waals surface area contributed by atoms with Gasteiger partial charge >= 0.3 is 0 Å². The van der Waals surface area contributed by atoms with Gasteiger partial charge in [-0.2, -0.15) is 0 Å². The Balaban J connectivity index is 1.16. The number of aryl methyl sites for hydroxylation is 1. The number of amides is 1.